The Morgan fingerprint density at radius 2 is 2.11 bits per heavy atom. The third kappa shape index (κ3) is 4.30. The van der Waals surface area contributed by atoms with Gasteiger partial charge < -0.3 is 5.32 Å². The van der Waals surface area contributed by atoms with E-state index in [1.165, 1.54) is 18.2 Å². The van der Waals surface area contributed by atoms with Crippen molar-refractivity contribution < 1.29 is 13.2 Å². The first-order valence-electron chi connectivity index (χ1n) is 5.89. The molecule has 0 aliphatic heterocycles. The molecule has 1 atom stereocenters. The summed E-state index contributed by atoms with van der Waals surface area (Å²) in [6, 6.07) is 5.57. The van der Waals surface area contributed by atoms with Gasteiger partial charge >= 0.3 is 0 Å². The Balaban J connectivity index is 2.86. The fourth-order valence-corrected chi connectivity index (χ4v) is 2.03. The third-order valence-corrected chi connectivity index (χ3v) is 3.88. The van der Waals surface area contributed by atoms with Gasteiger partial charge in [0, 0.05) is 5.69 Å². The largest absolute Gasteiger partial charge is 0.325 e. The van der Waals surface area contributed by atoms with Crippen molar-refractivity contribution in [3.63, 3.8) is 0 Å². The van der Waals surface area contributed by atoms with Crippen LogP contribution in [-0.4, -0.2) is 38.9 Å². The van der Waals surface area contributed by atoms with Crippen LogP contribution in [0.15, 0.2) is 29.2 Å². The van der Waals surface area contributed by atoms with Crippen molar-refractivity contribution in [2.45, 2.75) is 24.8 Å². The summed E-state index contributed by atoms with van der Waals surface area (Å²) < 4.78 is 22.4. The van der Waals surface area contributed by atoms with Gasteiger partial charge in [-0.15, -0.1) is 0 Å². The van der Waals surface area contributed by atoms with E-state index >= 15 is 0 Å². The van der Waals surface area contributed by atoms with Crippen molar-refractivity contribution >= 4 is 21.6 Å². The van der Waals surface area contributed by atoms with Gasteiger partial charge in [0.1, 0.15) is 0 Å². The van der Waals surface area contributed by atoms with E-state index in [4.69, 9.17) is 5.14 Å². The van der Waals surface area contributed by atoms with Gasteiger partial charge in [0.25, 0.3) is 0 Å². The lowest BCUT2D eigenvalue weighted by Gasteiger charge is -2.22. The second-order valence-corrected chi connectivity index (χ2v) is 5.87. The van der Waals surface area contributed by atoms with Crippen LogP contribution in [-0.2, 0) is 14.8 Å². The minimum absolute atomic E-state index is 0.0261. The Morgan fingerprint density at radius 1 is 1.47 bits per heavy atom. The molecule has 0 saturated carbocycles. The maximum absolute atomic E-state index is 11.9. The number of rotatable bonds is 5. The number of sulfonamides is 1. The number of nitrogens with two attached hydrogens (primary N) is 1. The molecule has 1 aromatic carbocycles. The Hall–Kier alpha value is -1.44. The van der Waals surface area contributed by atoms with Crippen LogP contribution in [0, 0.1) is 0 Å². The summed E-state index contributed by atoms with van der Waals surface area (Å²) in [5.74, 6) is -0.198. The summed E-state index contributed by atoms with van der Waals surface area (Å²) in [4.78, 5) is 13.8. The van der Waals surface area contributed by atoms with Crippen LogP contribution < -0.4 is 10.5 Å². The molecule has 6 nitrogen and oxygen atoms in total. The van der Waals surface area contributed by atoms with E-state index in [0.717, 1.165) is 6.54 Å². The summed E-state index contributed by atoms with van der Waals surface area (Å²) in [6.07, 6.45) is 0. The van der Waals surface area contributed by atoms with Gasteiger partial charge in [-0.2, -0.15) is 0 Å². The van der Waals surface area contributed by atoms with Crippen molar-refractivity contribution in [2.75, 3.05) is 18.9 Å². The maximum atomic E-state index is 11.9. The van der Waals surface area contributed by atoms with Crippen LogP contribution in [0.3, 0.4) is 0 Å². The highest BCUT2D eigenvalue weighted by Gasteiger charge is 2.17. The molecule has 0 aliphatic rings. The Bertz CT molecular complexity index is 557. The fourth-order valence-electron chi connectivity index (χ4n) is 1.47. The SMILES string of the molecule is CCN(C)C(C)C(=O)Nc1cccc(S(N)(=O)=O)c1. The second-order valence-electron chi connectivity index (χ2n) is 4.31. The molecule has 1 rings (SSSR count). The second kappa shape index (κ2) is 6.14. The predicted octanol–water partition coefficient (Wildman–Crippen LogP) is 0.613. The number of nitrogens with zero attached hydrogens (tertiary/aromatic N) is 1. The Kier molecular flexibility index (Phi) is 5.04. The van der Waals surface area contributed by atoms with Gasteiger partial charge in [-0.05, 0) is 38.7 Å². The van der Waals surface area contributed by atoms with Crippen molar-refractivity contribution in [3.8, 4) is 0 Å². The van der Waals surface area contributed by atoms with Crippen LogP contribution in [0.2, 0.25) is 0 Å². The molecule has 19 heavy (non-hydrogen) atoms. The molecule has 106 valence electrons. The highest BCUT2D eigenvalue weighted by Crippen LogP contribution is 2.14. The molecule has 1 amide bonds. The van der Waals surface area contributed by atoms with Gasteiger partial charge in [0.05, 0.1) is 10.9 Å². The van der Waals surface area contributed by atoms with Gasteiger partial charge in [-0.3, -0.25) is 9.69 Å². The van der Waals surface area contributed by atoms with Crippen molar-refractivity contribution in [1.29, 1.82) is 0 Å². The van der Waals surface area contributed by atoms with Crippen LogP contribution in [0.4, 0.5) is 5.69 Å². The highest BCUT2D eigenvalue weighted by molar-refractivity contribution is 7.89. The number of likely N-dealkylation sites (N-methyl/N-ethyl adjacent to an activating group) is 1. The van der Waals surface area contributed by atoms with E-state index in [2.05, 4.69) is 5.32 Å². The van der Waals surface area contributed by atoms with Crippen LogP contribution in [0.25, 0.3) is 0 Å². The van der Waals surface area contributed by atoms with E-state index in [9.17, 15) is 13.2 Å². The van der Waals surface area contributed by atoms with Crippen LogP contribution >= 0.6 is 0 Å². The number of primary sulfonamides is 1. The molecule has 1 unspecified atom stereocenters. The van der Waals surface area contributed by atoms with Crippen LogP contribution in [0.1, 0.15) is 13.8 Å². The minimum Gasteiger partial charge on any atom is -0.325 e. The lowest BCUT2D eigenvalue weighted by atomic mass is 10.2. The zero-order chi connectivity index (χ0) is 14.6. The molecule has 0 radical (unpaired) electrons. The quantitative estimate of drug-likeness (QED) is 0.829. The van der Waals surface area contributed by atoms with E-state index in [1.807, 2.05) is 18.9 Å². The number of nitrogens with one attached hydrogen (secondary N) is 1. The number of amides is 1. The number of benzene rings is 1. The van der Waals surface area contributed by atoms with Crippen molar-refractivity contribution in [3.05, 3.63) is 24.3 Å². The van der Waals surface area contributed by atoms with Crippen molar-refractivity contribution in [2.24, 2.45) is 5.14 Å². The molecular weight excluding hydrogens is 266 g/mol. The van der Waals surface area contributed by atoms with Gasteiger partial charge in [0.15, 0.2) is 0 Å². The average Bonchev–Trinajstić information content (AvgIpc) is 2.36. The number of carbonyl (C=O) groups is 1. The molecule has 0 aromatic heterocycles. The lowest BCUT2D eigenvalue weighted by Crippen LogP contribution is -2.39. The van der Waals surface area contributed by atoms with Gasteiger partial charge in [0.2, 0.25) is 15.9 Å². The molecule has 0 bridgehead atoms. The first-order chi connectivity index (χ1) is 8.75. The molecule has 3 N–H and O–H groups in total. The van der Waals surface area contributed by atoms with E-state index < -0.39 is 10.0 Å². The maximum Gasteiger partial charge on any atom is 0.241 e. The summed E-state index contributed by atoms with van der Waals surface area (Å²) in [7, 11) is -1.93. The molecule has 0 aliphatic carbocycles. The normalized spacial score (nSPS) is 13.3. The van der Waals surface area contributed by atoms with E-state index in [0.29, 0.717) is 5.69 Å². The van der Waals surface area contributed by atoms with Gasteiger partial charge in [-0.25, -0.2) is 13.6 Å². The average molecular weight is 285 g/mol. The predicted molar refractivity (Wildman–Crippen MR) is 74.2 cm³/mol. The third-order valence-electron chi connectivity index (χ3n) is 2.97. The Labute approximate surface area is 113 Å². The first-order valence-corrected chi connectivity index (χ1v) is 7.44. The lowest BCUT2D eigenvalue weighted by molar-refractivity contribution is -0.120. The molecule has 0 heterocycles. The van der Waals surface area contributed by atoms with Crippen LogP contribution in [0.5, 0.6) is 0 Å². The molecule has 1 aromatic rings. The van der Waals surface area contributed by atoms with E-state index in [-0.39, 0.29) is 16.8 Å². The van der Waals surface area contributed by atoms with Crippen molar-refractivity contribution in [1.82, 2.24) is 4.90 Å². The molecule has 0 saturated heterocycles. The monoisotopic (exact) mass is 285 g/mol. The minimum atomic E-state index is -3.76. The fraction of sp³-hybridized carbons (Fsp3) is 0.417. The zero-order valence-electron chi connectivity index (χ0n) is 11.3. The molecule has 0 fully saturated rings. The Morgan fingerprint density at radius 3 is 2.63 bits per heavy atom. The smallest absolute Gasteiger partial charge is 0.241 e. The number of anilines is 1. The molecular formula is C12H19N3O3S. The summed E-state index contributed by atoms with van der Waals surface area (Å²) >= 11 is 0. The summed E-state index contributed by atoms with van der Waals surface area (Å²) in [5.41, 5.74) is 0.410. The number of carbonyl (C=O) groups excluding carboxylic acids is 1. The van der Waals surface area contributed by atoms with Gasteiger partial charge in [-0.1, -0.05) is 13.0 Å². The zero-order valence-corrected chi connectivity index (χ0v) is 12.1. The highest BCUT2D eigenvalue weighted by atomic mass is 32.2. The first kappa shape index (κ1) is 15.6. The van der Waals surface area contributed by atoms with E-state index in [1.54, 1.807) is 13.0 Å². The number of hydrogen-bond donors (Lipinski definition) is 2. The molecule has 0 spiro atoms. The summed E-state index contributed by atoms with van der Waals surface area (Å²) in [5, 5.41) is 7.71. The standard InChI is InChI=1S/C12H19N3O3S/c1-4-15(3)9(2)12(16)14-10-6-5-7-11(8-10)19(13,17)18/h5-9H,4H2,1-3H3,(H,14,16)(H2,13,17,18). The molecule has 7 heteroatoms. The topological polar surface area (TPSA) is 92.5 Å². The summed E-state index contributed by atoms with van der Waals surface area (Å²) in [6.45, 7) is 4.47. The number of hydrogen-bond acceptors (Lipinski definition) is 4.